The van der Waals surface area contributed by atoms with Crippen molar-refractivity contribution in [3.8, 4) is 11.1 Å². The first-order valence-corrected chi connectivity index (χ1v) is 53.1. The van der Waals surface area contributed by atoms with Gasteiger partial charge in [-0.15, -0.1) is 0 Å². The highest BCUT2D eigenvalue weighted by Crippen LogP contribution is 2.47. The van der Waals surface area contributed by atoms with Crippen LogP contribution >= 0.6 is 0 Å². The predicted molar refractivity (Wildman–Crippen MR) is 529 cm³/mol. The number of rotatable bonds is 22. The van der Waals surface area contributed by atoms with Gasteiger partial charge >= 0.3 is 0 Å². The summed E-state index contributed by atoms with van der Waals surface area (Å²) in [6, 6.07) is 21.4. The van der Waals surface area contributed by atoms with E-state index in [0.717, 1.165) is 40.4 Å². The molecule has 2 aromatic carbocycles. The third kappa shape index (κ3) is 24.0. The van der Waals surface area contributed by atoms with E-state index in [2.05, 4.69) is 105 Å². The van der Waals surface area contributed by atoms with Crippen molar-refractivity contribution in [1.82, 2.24) is 64.4 Å². The van der Waals surface area contributed by atoms with Crippen molar-refractivity contribution in [2.45, 2.75) is 285 Å². The van der Waals surface area contributed by atoms with Crippen molar-refractivity contribution in [1.29, 1.82) is 0 Å². The van der Waals surface area contributed by atoms with Crippen molar-refractivity contribution < 1.29 is 94.0 Å². The number of aryl methyl sites for hydroxylation is 5. The molecule has 139 heavy (non-hydrogen) atoms. The number of hydrogen-bond donors (Lipinski definition) is 8. The Morgan fingerprint density at radius 3 is 0.928 bits per heavy atom. The van der Waals surface area contributed by atoms with Gasteiger partial charge in [-0.2, -0.15) is 0 Å². The maximum Gasteiger partial charge on any atom is 0.234 e. The van der Waals surface area contributed by atoms with Crippen LogP contribution in [0.4, 0.5) is 4.39 Å². The highest BCUT2D eigenvalue weighted by Gasteiger charge is 2.53. The Labute approximate surface area is 812 Å². The molecule has 41 heteroatoms. The van der Waals surface area contributed by atoms with E-state index < -0.39 is 113 Å². The lowest BCUT2D eigenvalue weighted by Gasteiger charge is -2.32. The number of aromatic nitrogens is 5. The molecule has 5 saturated heterocycles. The number of halogens is 1. The number of hydrogen-bond acceptors (Lipinski definition) is 29. The van der Waals surface area contributed by atoms with E-state index >= 15 is 0 Å². The van der Waals surface area contributed by atoms with Gasteiger partial charge in [0.25, 0.3) is 0 Å². The van der Waals surface area contributed by atoms with Gasteiger partial charge in [0.2, 0.25) is 29.5 Å². The Bertz CT molecular complexity index is 5830. The molecule has 7 aromatic rings. The number of aliphatic imine (C=N–C) groups is 4. The number of aliphatic hydroxyl groups is 5. The SMILES string of the molecule is C=S1(=O)CN=C([C@@H]2C[C@@H](O)CN2C(=O)C(c2cc(C)no2)C(C)C)N1.C=S1(=O)CN=C([C@@H]2C[C@@H](O)CN2C(=O)[C@@H](c2cc(C)no2)C(C)C)N1.C=S1(=O)CN=C([C@@H]2C[C@@H](O)CN2C(=O)[C@H](c2cc(C)no2)C(C)C)N1.Cc1cc(C(C(=O)N2CC(O)CC2C2=NOC(C)(c3ccc(-c4ccccc4F)cc3)C2)C(C)C)on1.Cc1cc([C@@H](C(=O)N2C[C@H](O)C[C@@H]2C2=NC(C)(C)C(C)(C)C2)C(C)C)on1. The van der Waals surface area contributed by atoms with Crippen LogP contribution in [0, 0.1) is 75.4 Å². The van der Waals surface area contributed by atoms with E-state index in [1.165, 1.54) is 6.07 Å². The number of β-amino-alcohol motifs (C(OH)–C–C–N with tert-alkyl or cyclic N) is 5. The fraction of sp³-hybridized carbons (Fsp3) is 0.592. The first-order chi connectivity index (χ1) is 65.1. The van der Waals surface area contributed by atoms with Crippen molar-refractivity contribution in [3.05, 3.63) is 148 Å². The maximum atomic E-state index is 14.2. The molecule has 0 aliphatic carbocycles. The van der Waals surface area contributed by atoms with Crippen LogP contribution in [0.2, 0.25) is 0 Å². The average Bonchev–Trinajstić information content (AvgIpc) is 1.60. The van der Waals surface area contributed by atoms with E-state index in [-0.39, 0.29) is 132 Å². The second kappa shape index (κ2) is 42.2. The van der Waals surface area contributed by atoms with Gasteiger partial charge in [0.1, 0.15) is 99.3 Å². The number of aliphatic hydroxyl groups excluding tert-OH is 5. The molecule has 17 rings (SSSR count). The van der Waals surface area contributed by atoms with Gasteiger partial charge in [-0.25, -0.2) is 17.0 Å². The lowest BCUT2D eigenvalue weighted by Crippen LogP contribution is -2.47. The van der Waals surface area contributed by atoms with Crippen molar-refractivity contribution >= 4 is 105 Å². The van der Waals surface area contributed by atoms with Crippen LogP contribution in [0.15, 0.2) is 127 Å². The lowest BCUT2D eigenvalue weighted by molar-refractivity contribution is -0.135. The van der Waals surface area contributed by atoms with E-state index in [1.807, 2.05) is 131 Å². The van der Waals surface area contributed by atoms with Crippen molar-refractivity contribution in [2.24, 2.45) is 60.1 Å². The standard InChI is InChI=1S/C29H32FN3O4.C21H33N3O3.3C16H24N4O4S/c1-17(2)27(26-13-18(3)31-36-26)28(35)33-16-21(34)14-25(33)24-15-29(4,37-32-24)20-11-9-19(10-12-20)22-7-5-6-8-23(22)30;1-12(2)18(17-8-13(3)23-27-17)19(26)24-11-14(25)9-16(24)15-10-20(4,5)21(6,7)22-15;3*1-9(2)14(13-5-10(3)18-24-13)16(22)20-7-11(21)6-12(20)15-17-8-25(4,23)19-15/h5-13,17,21,25,27,34H,14-16H2,1-4H3;8,12,14,16,18,25H,9-11H2,1-7H3;3*5,9,11-12,14,21H,4,6-8H2,1-3H3,(H,17,19,23)/t;14-,16-,18+;11-,12+,14?,25?;11-,12+,14+,25?;11-,12+,14-,25?/m.1111/s1. The molecule has 37 nitrogen and oxygen atoms in total. The largest absolute Gasteiger partial charge is 0.391 e. The smallest absolute Gasteiger partial charge is 0.234 e. The number of nitrogens with one attached hydrogen (secondary N) is 3. The molecular formula is C98H137FN18O19S3. The van der Waals surface area contributed by atoms with Crippen molar-refractivity contribution in [2.75, 3.05) is 50.4 Å². The zero-order valence-electron chi connectivity index (χ0n) is 83.0. The van der Waals surface area contributed by atoms with E-state index in [4.69, 9.17) is 32.4 Å². The fourth-order valence-electron chi connectivity index (χ4n) is 19.7. The van der Waals surface area contributed by atoms with Crippen LogP contribution in [0.25, 0.3) is 11.1 Å². The third-order valence-corrected chi connectivity index (χ3v) is 30.8. The number of nitrogens with zero attached hydrogens (tertiary/aromatic N) is 15. The third-order valence-electron chi connectivity index (χ3n) is 27.4. The first-order valence-electron chi connectivity index (χ1n) is 47.4. The number of carbonyl (C=O) groups is 5. The number of likely N-dealkylation sites (tertiary alicyclic amines) is 5. The van der Waals surface area contributed by atoms with E-state index in [9.17, 15) is 66.5 Å². The Morgan fingerprint density at radius 2 is 0.683 bits per heavy atom. The molecule has 5 fully saturated rings. The molecule has 8 N–H and O–H groups in total. The average molecular weight is 1990 g/mol. The van der Waals surface area contributed by atoms with Crippen LogP contribution in [0.3, 0.4) is 0 Å². The normalized spacial score (nSPS) is 28.3. The molecule has 0 spiro atoms. The molecular weight excluding hydrogens is 1850 g/mol. The molecule has 19 atom stereocenters. The van der Waals surface area contributed by atoms with Gasteiger partial charge in [-0.05, 0) is 132 Å². The minimum absolute atomic E-state index is 0.00575. The predicted octanol–water partition coefficient (Wildman–Crippen LogP) is 9.34. The summed E-state index contributed by atoms with van der Waals surface area (Å²) in [5.41, 5.74) is 6.73. The number of oxime groups is 1. The van der Waals surface area contributed by atoms with Gasteiger partial charge in [0.05, 0.1) is 130 Å². The number of amides is 5. The fourth-order valence-corrected chi connectivity index (χ4v) is 22.7. The topological polar surface area (TPSA) is 491 Å². The number of benzene rings is 2. The van der Waals surface area contributed by atoms with Crippen LogP contribution < -0.4 is 14.2 Å². The molecule has 0 radical (unpaired) electrons. The highest BCUT2D eigenvalue weighted by molar-refractivity contribution is 7.99. The van der Waals surface area contributed by atoms with Crippen LogP contribution in [-0.2, 0) is 63.5 Å². The summed E-state index contributed by atoms with van der Waals surface area (Å²) in [5.74, 6) is 11.9. The van der Waals surface area contributed by atoms with Crippen LogP contribution in [-0.4, -0.2) is 281 Å². The van der Waals surface area contributed by atoms with Crippen LogP contribution in [0.5, 0.6) is 0 Å². The first kappa shape index (κ1) is 106. The molecule has 758 valence electrons. The lowest BCUT2D eigenvalue weighted by atomic mass is 9.74. The number of amidine groups is 3. The van der Waals surface area contributed by atoms with Gasteiger partial charge in [0.15, 0.2) is 5.60 Å². The molecule has 5 aromatic heterocycles. The molecule has 15 heterocycles. The summed E-state index contributed by atoms with van der Waals surface area (Å²) >= 11 is 0. The summed E-state index contributed by atoms with van der Waals surface area (Å²) in [7, 11) is -7.46. The Kier molecular flexibility index (Phi) is 32.0. The Morgan fingerprint density at radius 1 is 0.410 bits per heavy atom. The minimum Gasteiger partial charge on any atom is -0.391 e. The maximum absolute atomic E-state index is 14.2. The molecule has 0 saturated carbocycles. The minimum atomic E-state index is -2.49. The van der Waals surface area contributed by atoms with Gasteiger partial charge in [-0.3, -0.25) is 58.1 Å². The van der Waals surface area contributed by atoms with Gasteiger partial charge in [-0.1, -0.05) is 156 Å². The molecule has 10 aliphatic rings. The molecule has 5 amide bonds. The second-order valence-corrected chi connectivity index (χ2v) is 47.8. The second-order valence-electron chi connectivity index (χ2n) is 41.6. The Hall–Kier alpha value is -10.8. The summed E-state index contributed by atoms with van der Waals surface area (Å²) in [6.45, 7) is 40.6. The number of carbonyl (C=O) groups excluding carboxylic acids is 5. The van der Waals surface area contributed by atoms with Gasteiger partial charge < -0.3 is 77.5 Å². The van der Waals surface area contributed by atoms with Crippen molar-refractivity contribution in [3.63, 3.8) is 0 Å². The summed E-state index contributed by atoms with van der Waals surface area (Å²) in [5, 5.41) is 75.2. The zero-order valence-corrected chi connectivity index (χ0v) is 85.5. The van der Waals surface area contributed by atoms with Gasteiger partial charge in [0, 0.05) is 113 Å². The summed E-state index contributed by atoms with van der Waals surface area (Å²) in [6.07, 6.45) is 0.223. The quantitative estimate of drug-likeness (QED) is 0.0293. The molecule has 0 bridgehead atoms. The zero-order chi connectivity index (χ0) is 102. The molecule has 10 aliphatic heterocycles. The van der Waals surface area contributed by atoms with Crippen LogP contribution in [0.1, 0.15) is 241 Å². The van der Waals surface area contributed by atoms with E-state index in [0.29, 0.717) is 114 Å². The Balaban J connectivity index is 0.000000148. The summed E-state index contributed by atoms with van der Waals surface area (Å²) in [4.78, 5) is 98.9. The van der Waals surface area contributed by atoms with E-state index in [1.54, 1.807) is 76.8 Å². The summed E-state index contributed by atoms with van der Waals surface area (Å²) < 4.78 is 85.7. The highest BCUT2D eigenvalue weighted by atomic mass is 32.2. The monoisotopic (exact) mass is 1980 g/mol. The molecule has 8 unspecified atom stereocenters.